The lowest BCUT2D eigenvalue weighted by Gasteiger charge is -2.15. The predicted octanol–water partition coefficient (Wildman–Crippen LogP) is -0.916. The highest BCUT2D eigenvalue weighted by Gasteiger charge is 2.27. The summed E-state index contributed by atoms with van der Waals surface area (Å²) in [4.78, 5) is 10.3. The molecule has 1 unspecified atom stereocenters. The number of carbonyl (C=O) groups is 1. The molecule has 9 heavy (non-hydrogen) atoms. The number of rotatable bonds is 3. The van der Waals surface area contributed by atoms with Crippen LogP contribution >= 0.6 is 12.9 Å². The molecule has 0 radical (unpaired) electrons. The maximum Gasteiger partial charge on any atom is 0.251 e. The summed E-state index contributed by atoms with van der Waals surface area (Å²) in [6.07, 6.45) is 0. The van der Waals surface area contributed by atoms with Gasteiger partial charge in [-0.1, -0.05) is 0 Å². The minimum absolute atomic E-state index is 0.203. The summed E-state index contributed by atoms with van der Waals surface area (Å²) in [6, 6.07) is 0. The molecule has 1 atom stereocenters. The minimum atomic E-state index is -1.61. The number of thiol groups is 1. The van der Waals surface area contributed by atoms with Crippen LogP contribution in [0.3, 0.4) is 0 Å². The van der Waals surface area contributed by atoms with Gasteiger partial charge in [0, 0.05) is 0 Å². The molecule has 0 fully saturated rings. The number of primary amides is 1. The Kier molecular flexibility index (Phi) is 2.96. The molecule has 0 aliphatic carbocycles. The van der Waals surface area contributed by atoms with Gasteiger partial charge in [0.25, 0.3) is 5.91 Å². The lowest BCUT2D eigenvalue weighted by molar-refractivity contribution is -0.136. The first kappa shape index (κ1) is 8.74. The zero-order chi connectivity index (χ0) is 7.49. The van der Waals surface area contributed by atoms with E-state index in [1.165, 1.54) is 6.92 Å². The Morgan fingerprint density at radius 1 is 2.00 bits per heavy atom. The summed E-state index contributed by atoms with van der Waals surface area (Å²) in [5.41, 5.74) is 3.14. The molecule has 0 aromatic rings. The topological polar surface area (TPSA) is 72.6 Å². The summed E-state index contributed by atoms with van der Waals surface area (Å²) in [7, 11) is 0. The van der Waals surface area contributed by atoms with Crippen LogP contribution in [0.15, 0.2) is 0 Å². The van der Waals surface area contributed by atoms with E-state index in [0.717, 1.165) is 0 Å². The van der Waals surface area contributed by atoms with Crippen LogP contribution in [0.4, 0.5) is 0 Å². The number of nitrogens with two attached hydrogens (primary N) is 1. The molecule has 0 aromatic carbocycles. The first-order chi connectivity index (χ1) is 4.00. The number of aliphatic hydroxyl groups is 1. The van der Waals surface area contributed by atoms with Gasteiger partial charge in [-0.25, -0.2) is 0 Å². The molecule has 0 aliphatic heterocycles. The van der Waals surface area contributed by atoms with Gasteiger partial charge in [-0.3, -0.25) is 4.79 Å². The van der Waals surface area contributed by atoms with E-state index in [1.54, 1.807) is 0 Å². The average molecular weight is 151 g/mol. The largest absolute Gasteiger partial charge is 0.378 e. The Balaban J connectivity index is 3.85. The van der Waals surface area contributed by atoms with Gasteiger partial charge in [-0.2, -0.15) is 0 Å². The summed E-state index contributed by atoms with van der Waals surface area (Å²) in [6.45, 7) is 1.05. The van der Waals surface area contributed by atoms with Crippen LogP contribution in [0, 0.1) is 0 Å². The van der Waals surface area contributed by atoms with Crippen molar-refractivity contribution in [3.63, 3.8) is 0 Å². The average Bonchev–Trinajstić information content (AvgIpc) is 1.65. The molecule has 54 valence electrons. The number of hydrogen-bond donors (Lipinski definition) is 3. The van der Waals surface area contributed by atoms with E-state index in [4.69, 9.17) is 10.8 Å². The maximum atomic E-state index is 10.3. The molecule has 0 aliphatic rings. The molecule has 5 heteroatoms. The third kappa shape index (κ3) is 2.69. The molecule has 0 bridgehead atoms. The standard InChI is InChI=1S/C4H9NO3S/c1-4(7,2-8-9)3(5)6/h7,9H,2H2,1H3,(H2,5,6). The summed E-state index contributed by atoms with van der Waals surface area (Å²) < 4.78 is 4.21. The Bertz CT molecular complexity index is 114. The Morgan fingerprint density at radius 2 is 2.44 bits per heavy atom. The van der Waals surface area contributed by atoms with Crippen LogP contribution in [0.2, 0.25) is 0 Å². The molecule has 3 N–H and O–H groups in total. The van der Waals surface area contributed by atoms with Crippen LogP contribution in [0.5, 0.6) is 0 Å². The van der Waals surface area contributed by atoms with Crippen molar-refractivity contribution >= 4 is 18.8 Å². The first-order valence-corrected chi connectivity index (χ1v) is 2.66. The van der Waals surface area contributed by atoms with Gasteiger partial charge < -0.3 is 15.0 Å². The molecule has 0 rings (SSSR count). The third-order valence-electron chi connectivity index (χ3n) is 0.876. The number of carbonyl (C=O) groups excluding carboxylic acids is 1. The second kappa shape index (κ2) is 3.05. The van der Waals surface area contributed by atoms with Gasteiger partial charge in [-0.15, -0.1) is 0 Å². The van der Waals surface area contributed by atoms with E-state index in [9.17, 15) is 4.79 Å². The summed E-state index contributed by atoms with van der Waals surface area (Å²) in [5, 5.41) is 8.94. The Labute approximate surface area is 58.6 Å². The zero-order valence-electron chi connectivity index (χ0n) is 5.00. The van der Waals surface area contributed by atoms with Gasteiger partial charge >= 0.3 is 0 Å². The van der Waals surface area contributed by atoms with Gasteiger partial charge in [0.1, 0.15) is 0 Å². The highest BCUT2D eigenvalue weighted by Crippen LogP contribution is 2.02. The van der Waals surface area contributed by atoms with Crippen LogP contribution in [0.25, 0.3) is 0 Å². The van der Waals surface area contributed by atoms with E-state index in [0.29, 0.717) is 0 Å². The van der Waals surface area contributed by atoms with Gasteiger partial charge in [0.2, 0.25) is 0 Å². The van der Waals surface area contributed by atoms with Crippen LogP contribution in [-0.4, -0.2) is 23.2 Å². The highest BCUT2D eigenvalue weighted by atomic mass is 32.1. The molecule has 1 amide bonds. The molecule has 0 spiro atoms. The van der Waals surface area contributed by atoms with Crippen molar-refractivity contribution in [3.05, 3.63) is 0 Å². The van der Waals surface area contributed by atoms with Gasteiger partial charge in [0.15, 0.2) is 5.60 Å². The van der Waals surface area contributed by atoms with Crippen LogP contribution in [0.1, 0.15) is 6.92 Å². The normalized spacial score (nSPS) is 16.8. The number of amides is 1. The first-order valence-electron chi connectivity index (χ1n) is 2.29. The molecule has 0 saturated heterocycles. The molecule has 0 saturated carbocycles. The Morgan fingerprint density at radius 3 is 2.56 bits per heavy atom. The second-order valence-electron chi connectivity index (χ2n) is 1.91. The lowest BCUT2D eigenvalue weighted by Crippen LogP contribution is -2.44. The van der Waals surface area contributed by atoms with Crippen LogP contribution in [-0.2, 0) is 8.98 Å². The fourth-order valence-corrected chi connectivity index (χ4v) is 0.448. The summed E-state index contributed by atoms with van der Waals surface area (Å²) in [5.74, 6) is -0.823. The lowest BCUT2D eigenvalue weighted by atomic mass is 10.1. The molecular formula is C4H9NO3S. The van der Waals surface area contributed by atoms with Gasteiger partial charge in [-0.05, 0) is 19.8 Å². The molecule has 0 aromatic heterocycles. The minimum Gasteiger partial charge on any atom is -0.378 e. The van der Waals surface area contributed by atoms with E-state index in [1.807, 2.05) is 0 Å². The van der Waals surface area contributed by atoms with Crippen molar-refractivity contribution in [1.82, 2.24) is 0 Å². The smallest absolute Gasteiger partial charge is 0.251 e. The van der Waals surface area contributed by atoms with Crippen molar-refractivity contribution in [3.8, 4) is 0 Å². The van der Waals surface area contributed by atoms with E-state index >= 15 is 0 Å². The van der Waals surface area contributed by atoms with Crippen molar-refractivity contribution in [2.45, 2.75) is 12.5 Å². The quantitative estimate of drug-likeness (QED) is 0.361. The fraction of sp³-hybridized carbons (Fsp3) is 0.750. The number of hydrogen-bond acceptors (Lipinski definition) is 4. The maximum absolute atomic E-state index is 10.3. The Hall–Kier alpha value is -0.260. The van der Waals surface area contributed by atoms with E-state index < -0.39 is 11.5 Å². The molecule has 0 heterocycles. The van der Waals surface area contributed by atoms with E-state index in [-0.39, 0.29) is 6.61 Å². The van der Waals surface area contributed by atoms with Gasteiger partial charge in [0.05, 0.1) is 6.61 Å². The van der Waals surface area contributed by atoms with Crippen molar-refractivity contribution < 1.29 is 14.1 Å². The van der Waals surface area contributed by atoms with Crippen molar-refractivity contribution in [1.29, 1.82) is 0 Å². The van der Waals surface area contributed by atoms with E-state index in [2.05, 4.69) is 17.1 Å². The highest BCUT2D eigenvalue weighted by molar-refractivity contribution is 7.75. The second-order valence-corrected chi connectivity index (χ2v) is 2.17. The third-order valence-corrected chi connectivity index (χ3v) is 1.01. The van der Waals surface area contributed by atoms with Crippen molar-refractivity contribution in [2.75, 3.05) is 6.61 Å². The zero-order valence-corrected chi connectivity index (χ0v) is 5.89. The fourth-order valence-electron chi connectivity index (χ4n) is 0.197. The SMILES string of the molecule is CC(O)(COS)C(N)=O. The monoisotopic (exact) mass is 151 g/mol. The van der Waals surface area contributed by atoms with Crippen molar-refractivity contribution in [2.24, 2.45) is 5.73 Å². The molecule has 4 nitrogen and oxygen atoms in total. The van der Waals surface area contributed by atoms with Crippen LogP contribution < -0.4 is 5.73 Å². The predicted molar refractivity (Wildman–Crippen MR) is 34.8 cm³/mol. The summed E-state index contributed by atoms with van der Waals surface area (Å²) >= 11 is 3.34. The molecular weight excluding hydrogens is 142 g/mol.